The summed E-state index contributed by atoms with van der Waals surface area (Å²) in [7, 11) is 0. The van der Waals surface area contributed by atoms with Gasteiger partial charge in [0, 0.05) is 29.1 Å². The quantitative estimate of drug-likeness (QED) is 0.558. The topological polar surface area (TPSA) is 73.7 Å². The maximum atomic E-state index is 13.9. The molecule has 1 aromatic carbocycles. The predicted octanol–water partition coefficient (Wildman–Crippen LogP) is 4.00. The third kappa shape index (κ3) is 4.36. The first-order valence-corrected chi connectivity index (χ1v) is 6.33. The highest BCUT2D eigenvalue weighted by Gasteiger charge is 2.13. The molecule has 0 aliphatic carbocycles. The van der Waals surface area contributed by atoms with Crippen LogP contribution in [0, 0.1) is 22.5 Å². The molecule has 21 heavy (non-hydrogen) atoms. The number of benzene rings is 1. The van der Waals surface area contributed by atoms with Crippen molar-refractivity contribution in [1.29, 1.82) is 10.8 Å². The lowest BCUT2D eigenvalue weighted by Gasteiger charge is -2.11. The Balaban J connectivity index is 3.39. The molecule has 110 valence electrons. The Morgan fingerprint density at radius 2 is 1.95 bits per heavy atom. The fourth-order valence-electron chi connectivity index (χ4n) is 1.73. The number of hydrogen-bond acceptors (Lipinski definition) is 3. The molecule has 3 nitrogen and oxygen atoms in total. The number of nitrogens with two attached hydrogens (primary N) is 1. The summed E-state index contributed by atoms with van der Waals surface area (Å²) >= 11 is 5.39. The molecule has 0 atom stereocenters. The van der Waals surface area contributed by atoms with Crippen LogP contribution in [-0.2, 0) is 0 Å². The summed E-state index contributed by atoms with van der Waals surface area (Å²) in [6, 6.07) is 3.18. The number of nitrogens with one attached hydrogen (secondary N) is 2. The summed E-state index contributed by atoms with van der Waals surface area (Å²) in [5.74, 6) is -1.43. The van der Waals surface area contributed by atoms with Crippen molar-refractivity contribution in [1.82, 2.24) is 0 Å². The molecule has 0 aliphatic rings. The van der Waals surface area contributed by atoms with Crippen LogP contribution in [0.25, 0.3) is 5.57 Å². The van der Waals surface area contributed by atoms with Gasteiger partial charge < -0.3 is 11.1 Å². The second-order valence-corrected chi connectivity index (χ2v) is 4.43. The molecule has 6 heteroatoms. The number of allylic oxidation sites excluding steroid dienone is 5. The van der Waals surface area contributed by atoms with Gasteiger partial charge in [-0.05, 0) is 36.8 Å². The van der Waals surface area contributed by atoms with Crippen molar-refractivity contribution in [2.75, 3.05) is 0 Å². The van der Waals surface area contributed by atoms with E-state index in [4.69, 9.17) is 28.2 Å². The van der Waals surface area contributed by atoms with Gasteiger partial charge in [0.05, 0.1) is 0 Å². The van der Waals surface area contributed by atoms with Crippen LogP contribution >= 0.6 is 11.6 Å². The van der Waals surface area contributed by atoms with E-state index in [2.05, 4.69) is 0 Å². The minimum Gasteiger partial charge on any atom is -0.398 e. The highest BCUT2D eigenvalue weighted by Crippen LogP contribution is 2.26. The highest BCUT2D eigenvalue weighted by atomic mass is 35.5. The van der Waals surface area contributed by atoms with Gasteiger partial charge in [-0.3, -0.25) is 5.41 Å². The van der Waals surface area contributed by atoms with Crippen LogP contribution < -0.4 is 5.73 Å². The van der Waals surface area contributed by atoms with Crippen LogP contribution in [-0.4, -0.2) is 11.4 Å². The molecule has 1 rings (SSSR count). The van der Waals surface area contributed by atoms with Gasteiger partial charge in [-0.25, -0.2) is 8.78 Å². The van der Waals surface area contributed by atoms with Crippen LogP contribution in [0.4, 0.5) is 8.78 Å². The summed E-state index contributed by atoms with van der Waals surface area (Å²) in [6.45, 7) is 1.65. The first-order chi connectivity index (χ1) is 9.90. The molecule has 1 aromatic rings. The van der Waals surface area contributed by atoms with Crippen LogP contribution in [0.1, 0.15) is 12.5 Å². The fourth-order valence-corrected chi connectivity index (χ4v) is 1.80. The summed E-state index contributed by atoms with van der Waals surface area (Å²) in [5.41, 5.74) is 6.70. The van der Waals surface area contributed by atoms with Crippen LogP contribution in [0.2, 0.25) is 0 Å². The second-order valence-electron chi connectivity index (χ2n) is 4.02. The Morgan fingerprint density at radius 3 is 2.43 bits per heavy atom. The fraction of sp³-hybridized carbons (Fsp3) is 0.0667. The van der Waals surface area contributed by atoms with E-state index in [-0.39, 0.29) is 22.0 Å². The predicted molar refractivity (Wildman–Crippen MR) is 82.7 cm³/mol. The van der Waals surface area contributed by atoms with Crippen molar-refractivity contribution in [3.8, 4) is 0 Å². The van der Waals surface area contributed by atoms with Gasteiger partial charge in [-0.2, -0.15) is 0 Å². The van der Waals surface area contributed by atoms with Gasteiger partial charge in [0.25, 0.3) is 0 Å². The summed E-state index contributed by atoms with van der Waals surface area (Å²) in [5, 5.41) is 14.3. The highest BCUT2D eigenvalue weighted by molar-refractivity contribution is 6.67. The lowest BCUT2D eigenvalue weighted by Crippen LogP contribution is -2.05. The molecule has 0 heterocycles. The lowest BCUT2D eigenvalue weighted by molar-refractivity contribution is 0.581. The van der Waals surface area contributed by atoms with E-state index in [1.807, 2.05) is 0 Å². The summed E-state index contributed by atoms with van der Waals surface area (Å²) < 4.78 is 26.8. The minimum atomic E-state index is -0.746. The molecule has 0 aromatic heterocycles. The first-order valence-electron chi connectivity index (χ1n) is 5.95. The normalized spacial score (nSPS) is 13.2. The molecular formula is C15H14ClF2N3. The molecule has 0 amide bonds. The molecule has 0 saturated heterocycles. The lowest BCUT2D eigenvalue weighted by atomic mass is 9.96. The standard InChI is InChI=1S/C15H14ClF2N3/c1-2-10(11-4-3-9(17)7-13(11)18)12(8-19)14(20)5-6-15(16)21/h2-8,19,21H,20H2,1H3/b6-5-,10-2+,14-12+,19-8?,21-15?. The smallest absolute Gasteiger partial charge is 0.133 e. The van der Waals surface area contributed by atoms with E-state index in [0.717, 1.165) is 18.3 Å². The van der Waals surface area contributed by atoms with Crippen LogP contribution in [0.3, 0.4) is 0 Å². The van der Waals surface area contributed by atoms with Crippen LogP contribution in [0.5, 0.6) is 0 Å². The number of rotatable bonds is 5. The summed E-state index contributed by atoms with van der Waals surface area (Å²) in [4.78, 5) is 0. The van der Waals surface area contributed by atoms with Gasteiger partial charge in [0.2, 0.25) is 0 Å². The average molecular weight is 310 g/mol. The first kappa shape index (κ1) is 16.8. The van der Waals surface area contributed by atoms with Crippen molar-refractivity contribution in [3.63, 3.8) is 0 Å². The van der Waals surface area contributed by atoms with Crippen molar-refractivity contribution in [3.05, 3.63) is 64.9 Å². The zero-order chi connectivity index (χ0) is 16.0. The monoisotopic (exact) mass is 309 g/mol. The molecule has 0 radical (unpaired) electrons. The molecule has 0 fully saturated rings. The zero-order valence-corrected chi connectivity index (χ0v) is 12.0. The van der Waals surface area contributed by atoms with Crippen LogP contribution in [0.15, 0.2) is 47.7 Å². The molecule has 0 unspecified atom stereocenters. The molecule has 0 saturated carbocycles. The Hall–Kier alpha value is -2.27. The molecule has 4 N–H and O–H groups in total. The molecule has 0 bridgehead atoms. The van der Waals surface area contributed by atoms with E-state index in [1.54, 1.807) is 13.0 Å². The van der Waals surface area contributed by atoms with Gasteiger partial charge in [-0.1, -0.05) is 17.7 Å². The van der Waals surface area contributed by atoms with Gasteiger partial charge in [0.15, 0.2) is 0 Å². The maximum absolute atomic E-state index is 13.9. The van der Waals surface area contributed by atoms with E-state index in [1.165, 1.54) is 18.2 Å². The van der Waals surface area contributed by atoms with Gasteiger partial charge >= 0.3 is 0 Å². The van der Waals surface area contributed by atoms with E-state index in [9.17, 15) is 8.78 Å². The Kier molecular flexibility index (Phi) is 5.99. The Bertz CT molecular complexity index is 661. The van der Waals surface area contributed by atoms with Crippen molar-refractivity contribution in [2.24, 2.45) is 5.73 Å². The van der Waals surface area contributed by atoms with E-state index < -0.39 is 11.6 Å². The third-order valence-electron chi connectivity index (χ3n) is 2.66. The third-order valence-corrected chi connectivity index (χ3v) is 2.79. The minimum absolute atomic E-state index is 0.134. The van der Waals surface area contributed by atoms with Crippen molar-refractivity contribution < 1.29 is 8.78 Å². The summed E-state index contributed by atoms with van der Waals surface area (Å²) in [6.07, 6.45) is 5.13. The van der Waals surface area contributed by atoms with Crippen molar-refractivity contribution in [2.45, 2.75) is 6.92 Å². The zero-order valence-electron chi connectivity index (χ0n) is 11.3. The average Bonchev–Trinajstić information content (AvgIpc) is 2.43. The largest absolute Gasteiger partial charge is 0.398 e. The van der Waals surface area contributed by atoms with E-state index in [0.29, 0.717) is 5.57 Å². The van der Waals surface area contributed by atoms with Gasteiger partial charge in [0.1, 0.15) is 16.8 Å². The van der Waals surface area contributed by atoms with Gasteiger partial charge in [-0.15, -0.1) is 0 Å². The second kappa shape index (κ2) is 7.50. The SMILES string of the molecule is C/C=C(/C(C=N)=C(N)\C=C/C(=N)Cl)c1ccc(F)cc1F. The van der Waals surface area contributed by atoms with Crippen molar-refractivity contribution >= 4 is 28.6 Å². The number of halogens is 3. The Labute approximate surface area is 126 Å². The number of hydrogen-bond donors (Lipinski definition) is 3. The molecule has 0 aliphatic heterocycles. The molecular weight excluding hydrogens is 296 g/mol. The van der Waals surface area contributed by atoms with E-state index >= 15 is 0 Å². The Morgan fingerprint density at radius 1 is 1.29 bits per heavy atom. The maximum Gasteiger partial charge on any atom is 0.133 e. The molecule has 0 spiro atoms.